The number of benzene rings is 1. The molecule has 180 valence electrons. The van der Waals surface area contributed by atoms with Gasteiger partial charge >= 0.3 is 5.97 Å². The Labute approximate surface area is 200 Å². The van der Waals surface area contributed by atoms with E-state index in [0.29, 0.717) is 43.2 Å². The van der Waals surface area contributed by atoms with Crippen LogP contribution < -0.4 is 4.74 Å². The number of hydrogen-bond donors (Lipinski definition) is 1. The molecule has 1 aliphatic rings. The third-order valence-corrected chi connectivity index (χ3v) is 5.66. The molecular formula is C27H32N2O5. The lowest BCUT2D eigenvalue weighted by molar-refractivity contribution is -0.149. The largest absolute Gasteiger partial charge is 0.493 e. The Bertz CT molecular complexity index is 1100. The molecule has 1 N–H and O–H groups in total. The minimum atomic E-state index is -1.06. The van der Waals surface area contributed by atoms with Crippen LogP contribution in [0.1, 0.15) is 62.4 Å². The highest BCUT2D eigenvalue weighted by atomic mass is 16.5. The van der Waals surface area contributed by atoms with Gasteiger partial charge in [0.2, 0.25) is 11.8 Å². The lowest BCUT2D eigenvalue weighted by atomic mass is 9.92. The van der Waals surface area contributed by atoms with E-state index in [9.17, 15) is 14.7 Å². The maximum absolute atomic E-state index is 12.6. The fourth-order valence-corrected chi connectivity index (χ4v) is 3.86. The van der Waals surface area contributed by atoms with Crippen molar-refractivity contribution >= 4 is 17.4 Å². The van der Waals surface area contributed by atoms with E-state index in [2.05, 4.69) is 18.0 Å². The Balaban J connectivity index is 1.68. The van der Waals surface area contributed by atoms with Crippen molar-refractivity contribution in [2.75, 3.05) is 13.2 Å². The van der Waals surface area contributed by atoms with Gasteiger partial charge in [-0.15, -0.1) is 0 Å². The number of unbranched alkanes of at least 4 members (excludes halogenated alkanes) is 1. The number of carbonyl (C=O) groups is 2. The van der Waals surface area contributed by atoms with Crippen LogP contribution in [0.3, 0.4) is 0 Å². The molecule has 3 rings (SSSR count). The number of ether oxygens (including phenoxy) is 1. The third-order valence-electron chi connectivity index (χ3n) is 5.66. The molecule has 1 aromatic heterocycles. The zero-order valence-electron chi connectivity index (χ0n) is 20.0. The Kier molecular flexibility index (Phi) is 8.85. The second kappa shape index (κ2) is 12.0. The molecule has 2 aromatic rings. The molecular weight excluding hydrogens is 432 g/mol. The first-order valence-electron chi connectivity index (χ1n) is 11.6. The zero-order valence-corrected chi connectivity index (χ0v) is 20.0. The molecule has 0 radical (unpaired) electrons. The van der Waals surface area contributed by atoms with E-state index in [1.807, 2.05) is 26.0 Å². The molecule has 0 fully saturated rings. The van der Waals surface area contributed by atoms with Crippen molar-refractivity contribution in [3.8, 4) is 5.75 Å². The molecule has 1 amide bonds. The molecule has 0 saturated heterocycles. The molecule has 34 heavy (non-hydrogen) atoms. The van der Waals surface area contributed by atoms with E-state index in [1.165, 1.54) is 11.0 Å². The summed E-state index contributed by atoms with van der Waals surface area (Å²) in [5, 5.41) is 9.90. The molecule has 0 spiro atoms. The highest BCUT2D eigenvalue weighted by Crippen LogP contribution is 2.33. The van der Waals surface area contributed by atoms with E-state index >= 15 is 0 Å². The van der Waals surface area contributed by atoms with E-state index in [0.717, 1.165) is 29.7 Å². The molecule has 0 aliphatic carbocycles. The van der Waals surface area contributed by atoms with Crippen molar-refractivity contribution in [2.45, 2.75) is 52.5 Å². The molecule has 1 aliphatic heterocycles. The van der Waals surface area contributed by atoms with Crippen LogP contribution >= 0.6 is 0 Å². The normalized spacial score (nSPS) is 16.3. The molecule has 1 aromatic carbocycles. The van der Waals surface area contributed by atoms with Gasteiger partial charge in [-0.2, -0.15) is 0 Å². The number of aromatic nitrogens is 1. The number of allylic oxidation sites excluding steroid dienone is 5. The number of oxazole rings is 1. The molecule has 0 bridgehead atoms. The number of carbonyl (C=O) groups excluding carboxylic acids is 1. The van der Waals surface area contributed by atoms with Crippen LogP contribution in [0.15, 0.2) is 59.3 Å². The van der Waals surface area contributed by atoms with E-state index < -0.39 is 12.0 Å². The maximum atomic E-state index is 12.6. The van der Waals surface area contributed by atoms with Crippen LogP contribution in [0, 0.1) is 0 Å². The van der Waals surface area contributed by atoms with Crippen molar-refractivity contribution in [1.82, 2.24) is 9.88 Å². The highest BCUT2D eigenvalue weighted by Gasteiger charge is 2.35. The van der Waals surface area contributed by atoms with Gasteiger partial charge < -0.3 is 19.2 Å². The number of amides is 1. The Morgan fingerprint density at radius 3 is 2.88 bits per heavy atom. The van der Waals surface area contributed by atoms with Crippen molar-refractivity contribution in [1.29, 1.82) is 0 Å². The van der Waals surface area contributed by atoms with Gasteiger partial charge in [0.05, 0.1) is 12.3 Å². The first-order chi connectivity index (χ1) is 16.4. The predicted octanol–water partition coefficient (Wildman–Crippen LogP) is 5.14. The van der Waals surface area contributed by atoms with E-state index in [-0.39, 0.29) is 5.91 Å². The summed E-state index contributed by atoms with van der Waals surface area (Å²) in [5.74, 6) is -0.207. The molecule has 2 heterocycles. The smallest absolute Gasteiger partial charge is 0.331 e. The van der Waals surface area contributed by atoms with Gasteiger partial charge in [-0.25, -0.2) is 9.78 Å². The summed E-state index contributed by atoms with van der Waals surface area (Å²) in [7, 11) is 0. The molecule has 0 saturated carbocycles. The summed E-state index contributed by atoms with van der Waals surface area (Å²) >= 11 is 0. The second-order valence-corrected chi connectivity index (χ2v) is 8.19. The lowest BCUT2D eigenvalue weighted by Gasteiger charge is -2.34. The number of aliphatic carboxylic acids is 1. The summed E-state index contributed by atoms with van der Waals surface area (Å²) in [4.78, 5) is 30.6. The topological polar surface area (TPSA) is 92.9 Å². The standard InChI is InChI=1S/C27H32N2O5/c1-4-6-8-10-24(30)29-15-13-20-11-12-22(17-23(20)25(29)27(31)32)33-16-14-21-18-34-26(28-21)19(3)9-7-5-2/h4,6,8-12,17-18,25H,5,7,13-16H2,1-3H3,(H,31,32)/b6-4?,10-8?,19-9+. The molecule has 7 nitrogen and oxygen atoms in total. The number of hydrogen-bond acceptors (Lipinski definition) is 5. The average Bonchev–Trinajstić information content (AvgIpc) is 3.30. The predicted molar refractivity (Wildman–Crippen MR) is 130 cm³/mol. The van der Waals surface area contributed by atoms with Crippen LogP contribution in [-0.2, 0) is 22.4 Å². The van der Waals surface area contributed by atoms with Gasteiger partial charge in [0.1, 0.15) is 12.0 Å². The summed E-state index contributed by atoms with van der Waals surface area (Å²) in [6.07, 6.45) is 13.5. The van der Waals surface area contributed by atoms with Gasteiger partial charge in [-0.1, -0.05) is 43.7 Å². The minimum absolute atomic E-state index is 0.326. The van der Waals surface area contributed by atoms with E-state index in [1.54, 1.807) is 30.6 Å². The van der Waals surface area contributed by atoms with Gasteiger partial charge in [-0.05, 0) is 49.9 Å². The summed E-state index contributed by atoms with van der Waals surface area (Å²) in [6.45, 7) is 6.68. The van der Waals surface area contributed by atoms with Crippen LogP contribution in [-0.4, -0.2) is 40.0 Å². The number of nitrogens with zero attached hydrogens (tertiary/aromatic N) is 2. The third kappa shape index (κ3) is 6.25. The SMILES string of the molecule is CC=CC=CC(=O)N1CCc2ccc(OCCc3coc(/C(C)=C/CCC)n3)cc2C1C(=O)O. The van der Waals surface area contributed by atoms with Gasteiger partial charge in [0.25, 0.3) is 0 Å². The van der Waals surface area contributed by atoms with Crippen molar-refractivity contribution < 1.29 is 23.8 Å². The first kappa shape index (κ1) is 25.0. The van der Waals surface area contributed by atoms with Crippen molar-refractivity contribution in [3.05, 3.63) is 77.6 Å². The Morgan fingerprint density at radius 1 is 1.32 bits per heavy atom. The van der Waals surface area contributed by atoms with Crippen LogP contribution in [0.2, 0.25) is 0 Å². The van der Waals surface area contributed by atoms with Crippen LogP contribution in [0.4, 0.5) is 0 Å². The van der Waals surface area contributed by atoms with Gasteiger partial charge in [0, 0.05) is 24.6 Å². The van der Waals surface area contributed by atoms with Crippen molar-refractivity contribution in [3.63, 3.8) is 0 Å². The lowest BCUT2D eigenvalue weighted by Crippen LogP contribution is -2.42. The zero-order chi connectivity index (χ0) is 24.5. The van der Waals surface area contributed by atoms with Gasteiger partial charge in [-0.3, -0.25) is 4.79 Å². The minimum Gasteiger partial charge on any atom is -0.493 e. The van der Waals surface area contributed by atoms with E-state index in [4.69, 9.17) is 9.15 Å². The monoisotopic (exact) mass is 464 g/mol. The van der Waals surface area contributed by atoms with Crippen molar-refractivity contribution in [2.24, 2.45) is 0 Å². The fraction of sp³-hybridized carbons (Fsp3) is 0.370. The molecule has 1 atom stereocenters. The number of rotatable bonds is 10. The van der Waals surface area contributed by atoms with Crippen LogP contribution in [0.5, 0.6) is 5.75 Å². The number of carboxylic acids is 1. The summed E-state index contributed by atoms with van der Waals surface area (Å²) in [6, 6.07) is 4.40. The maximum Gasteiger partial charge on any atom is 0.331 e. The molecule has 7 heteroatoms. The molecule has 1 unspecified atom stereocenters. The van der Waals surface area contributed by atoms with Crippen LogP contribution in [0.25, 0.3) is 5.57 Å². The first-order valence-corrected chi connectivity index (χ1v) is 11.6. The summed E-state index contributed by atoms with van der Waals surface area (Å²) < 4.78 is 11.5. The quantitative estimate of drug-likeness (QED) is 0.386. The van der Waals surface area contributed by atoms with Gasteiger partial charge in [0.15, 0.2) is 6.04 Å². The second-order valence-electron chi connectivity index (χ2n) is 8.19. The fourth-order valence-electron chi connectivity index (χ4n) is 3.86. The number of fused-ring (bicyclic) bond motifs is 1. The Hall–Kier alpha value is -3.61. The Morgan fingerprint density at radius 2 is 2.15 bits per heavy atom. The summed E-state index contributed by atoms with van der Waals surface area (Å²) in [5.41, 5.74) is 3.31. The highest BCUT2D eigenvalue weighted by molar-refractivity contribution is 5.92. The average molecular weight is 465 g/mol. The number of carboxylic acid groups (broad SMARTS) is 1.